The second-order valence-electron chi connectivity index (χ2n) is 15.1. The van der Waals surface area contributed by atoms with Gasteiger partial charge in [-0.25, -0.2) is 4.98 Å². The molecule has 0 spiro atoms. The summed E-state index contributed by atoms with van der Waals surface area (Å²) in [5.41, 5.74) is 8.69. The zero-order valence-corrected chi connectivity index (χ0v) is 32.5. The van der Waals surface area contributed by atoms with Gasteiger partial charge in [-0.1, -0.05) is 102 Å². The monoisotopic (exact) mass is 859 g/mol. The van der Waals surface area contributed by atoms with Crippen molar-refractivity contribution >= 4 is 21.8 Å². The van der Waals surface area contributed by atoms with E-state index in [1.54, 1.807) is 0 Å². The number of hydrogen-bond donors (Lipinski definition) is 0. The summed E-state index contributed by atoms with van der Waals surface area (Å²) >= 11 is 0. The van der Waals surface area contributed by atoms with Gasteiger partial charge in [0.25, 0.3) is 6.33 Å². The Morgan fingerprint density at radius 1 is 0.654 bits per heavy atom. The zero-order valence-electron chi connectivity index (χ0n) is 30.2. The van der Waals surface area contributed by atoms with Crippen molar-refractivity contribution < 1.29 is 30.4 Å². The third-order valence-corrected chi connectivity index (χ3v) is 9.40. The van der Waals surface area contributed by atoms with E-state index in [1.807, 2.05) is 58.1 Å². The van der Waals surface area contributed by atoms with E-state index in [1.165, 1.54) is 22.1 Å². The van der Waals surface area contributed by atoms with E-state index in [4.69, 9.17) is 9.72 Å². The minimum Gasteiger partial charge on any atom is -0.510 e. The SMILES string of the molecule is CC(C)(C)c1ccnc(-n2c3[c-]c(Oc4[c-]c(-n5[c-][n+](-c6cccc(-c7ccccc7)c6)cc5)ccc4)ccc3c3cc(C(C)(C)C)ccc32)c1.[Pt]. The molecule has 0 atom stereocenters. The van der Waals surface area contributed by atoms with E-state index in [0.717, 1.165) is 39.2 Å². The Bertz CT molecular complexity index is 2530. The molecule has 6 heteroatoms. The summed E-state index contributed by atoms with van der Waals surface area (Å²) in [5.74, 6) is 2.05. The molecular formula is C46H40N4OPt-2. The predicted molar refractivity (Wildman–Crippen MR) is 205 cm³/mol. The molecule has 0 amide bonds. The van der Waals surface area contributed by atoms with Gasteiger partial charge >= 0.3 is 0 Å². The van der Waals surface area contributed by atoms with Crippen molar-refractivity contribution in [3.05, 3.63) is 163 Å². The maximum Gasteiger partial charge on any atom is 0.267 e. The van der Waals surface area contributed by atoms with Crippen LogP contribution >= 0.6 is 0 Å². The number of hydrogen-bond acceptors (Lipinski definition) is 2. The minimum atomic E-state index is -0.0166. The van der Waals surface area contributed by atoms with Crippen molar-refractivity contribution in [2.75, 3.05) is 0 Å². The molecule has 0 unspecified atom stereocenters. The van der Waals surface area contributed by atoms with Crippen LogP contribution in [0.4, 0.5) is 0 Å². The van der Waals surface area contributed by atoms with Crippen LogP contribution in [0.1, 0.15) is 52.7 Å². The fraction of sp³-hybridized carbons (Fsp3) is 0.174. The summed E-state index contributed by atoms with van der Waals surface area (Å²) in [5, 5.41) is 2.27. The van der Waals surface area contributed by atoms with Gasteiger partial charge in [0.05, 0.1) is 5.69 Å². The van der Waals surface area contributed by atoms with E-state index < -0.39 is 0 Å². The van der Waals surface area contributed by atoms with Gasteiger partial charge in [-0.3, -0.25) is 4.57 Å². The Kier molecular flexibility index (Phi) is 9.27. The van der Waals surface area contributed by atoms with Gasteiger partial charge in [-0.2, -0.15) is 18.2 Å². The van der Waals surface area contributed by atoms with Crippen molar-refractivity contribution in [3.8, 4) is 39.8 Å². The fourth-order valence-electron chi connectivity index (χ4n) is 6.51. The minimum absolute atomic E-state index is 0. The van der Waals surface area contributed by atoms with Crippen LogP contribution in [0.25, 0.3) is 50.1 Å². The van der Waals surface area contributed by atoms with Crippen LogP contribution in [-0.4, -0.2) is 14.1 Å². The molecule has 0 fully saturated rings. The first-order valence-electron chi connectivity index (χ1n) is 17.4. The maximum absolute atomic E-state index is 6.47. The second kappa shape index (κ2) is 13.7. The first-order chi connectivity index (χ1) is 24.5. The van der Waals surface area contributed by atoms with Crippen molar-refractivity contribution in [3.63, 3.8) is 0 Å². The quantitative estimate of drug-likeness (QED) is 0.123. The smallest absolute Gasteiger partial charge is 0.267 e. The zero-order chi connectivity index (χ0) is 35.3. The standard InChI is InChI=1S/C46H40N4O.Pt/c1-45(2,3)34-18-21-42-41(27-34)40-20-19-39(30-43(40)50(42)44-28-35(22-23-47-44)46(4,5)6)51-38-17-11-16-37(29-38)49-25-24-48(31-49)36-15-10-14-33(26-36)32-12-8-7-9-13-32;/h7-28H,1-6H3;/q-2;. The number of fused-ring (bicyclic) bond motifs is 3. The second-order valence-corrected chi connectivity index (χ2v) is 15.1. The molecule has 0 radical (unpaired) electrons. The van der Waals surface area contributed by atoms with Gasteiger partial charge in [0.15, 0.2) is 0 Å². The summed E-state index contributed by atoms with van der Waals surface area (Å²) in [7, 11) is 0. The Hall–Kier alpha value is -5.25. The van der Waals surface area contributed by atoms with E-state index >= 15 is 0 Å². The van der Waals surface area contributed by atoms with Gasteiger partial charge in [0, 0.05) is 56.7 Å². The summed E-state index contributed by atoms with van der Waals surface area (Å²) in [6.45, 7) is 13.4. The third kappa shape index (κ3) is 6.86. The Morgan fingerprint density at radius 3 is 2.17 bits per heavy atom. The van der Waals surface area contributed by atoms with E-state index in [9.17, 15) is 0 Å². The molecule has 52 heavy (non-hydrogen) atoms. The summed E-state index contributed by atoms with van der Waals surface area (Å²) < 4.78 is 12.6. The first-order valence-corrected chi connectivity index (χ1v) is 17.4. The molecule has 5 nitrogen and oxygen atoms in total. The van der Waals surface area contributed by atoms with Crippen LogP contribution in [0.15, 0.2) is 134 Å². The van der Waals surface area contributed by atoms with Crippen LogP contribution in [0.3, 0.4) is 0 Å². The predicted octanol–water partition coefficient (Wildman–Crippen LogP) is 10.7. The van der Waals surface area contributed by atoms with Gasteiger partial charge in [0.2, 0.25) is 0 Å². The van der Waals surface area contributed by atoms with Crippen molar-refractivity contribution in [2.24, 2.45) is 0 Å². The van der Waals surface area contributed by atoms with Crippen LogP contribution in [0.5, 0.6) is 11.5 Å². The van der Waals surface area contributed by atoms with Gasteiger partial charge < -0.3 is 13.9 Å². The van der Waals surface area contributed by atoms with E-state index in [-0.39, 0.29) is 31.9 Å². The number of aromatic nitrogens is 4. The molecular weight excluding hydrogens is 820 g/mol. The molecule has 0 bridgehead atoms. The summed E-state index contributed by atoms with van der Waals surface area (Å²) in [6, 6.07) is 47.0. The Labute approximate surface area is 320 Å². The largest absolute Gasteiger partial charge is 0.510 e. The number of rotatable bonds is 6. The van der Waals surface area contributed by atoms with Crippen molar-refractivity contribution in [2.45, 2.75) is 52.4 Å². The normalized spacial score (nSPS) is 11.9. The third-order valence-electron chi connectivity index (χ3n) is 9.40. The molecule has 3 heterocycles. The maximum atomic E-state index is 6.47. The average Bonchev–Trinajstić information content (AvgIpc) is 3.75. The summed E-state index contributed by atoms with van der Waals surface area (Å²) in [4.78, 5) is 4.86. The molecule has 3 aromatic heterocycles. The topological polar surface area (TPSA) is 35.9 Å². The van der Waals surface area contributed by atoms with E-state index in [0.29, 0.717) is 11.5 Å². The molecule has 8 rings (SSSR count). The molecule has 262 valence electrons. The fourth-order valence-corrected chi connectivity index (χ4v) is 6.51. The summed E-state index contributed by atoms with van der Waals surface area (Å²) in [6.07, 6.45) is 9.32. The van der Waals surface area contributed by atoms with Crippen LogP contribution < -0.4 is 9.30 Å². The van der Waals surface area contributed by atoms with Crippen LogP contribution in [0.2, 0.25) is 0 Å². The molecule has 0 aliphatic heterocycles. The number of pyridine rings is 1. The molecule has 0 aliphatic carbocycles. The van der Waals surface area contributed by atoms with Gasteiger partial charge in [-0.15, -0.1) is 29.7 Å². The van der Waals surface area contributed by atoms with Crippen LogP contribution in [-0.2, 0) is 31.9 Å². The molecule has 8 aromatic rings. The number of nitrogens with zero attached hydrogens (tertiary/aromatic N) is 4. The first kappa shape index (κ1) is 35.2. The average molecular weight is 860 g/mol. The molecule has 0 N–H and O–H groups in total. The van der Waals surface area contributed by atoms with Crippen molar-refractivity contribution in [1.82, 2.24) is 14.1 Å². The van der Waals surface area contributed by atoms with Gasteiger partial charge in [-0.05, 0) is 74.5 Å². The van der Waals surface area contributed by atoms with E-state index in [2.05, 4.69) is 149 Å². The Morgan fingerprint density at radius 2 is 1.38 bits per heavy atom. The number of benzene rings is 5. The molecule has 0 saturated heterocycles. The van der Waals surface area contributed by atoms with Gasteiger partial charge in [0.1, 0.15) is 5.82 Å². The molecule has 5 aromatic carbocycles. The number of ether oxygens (including phenoxy) is 1. The Balaban J connectivity index is 0.00000420. The molecule has 0 saturated carbocycles. The van der Waals surface area contributed by atoms with Crippen molar-refractivity contribution in [1.29, 1.82) is 0 Å². The van der Waals surface area contributed by atoms with Crippen LogP contribution in [0, 0.1) is 18.5 Å². The molecule has 0 aliphatic rings. The number of imidazole rings is 1.